The summed E-state index contributed by atoms with van der Waals surface area (Å²) in [6.07, 6.45) is 7.02. The molecule has 56 valence electrons. The van der Waals surface area contributed by atoms with Crippen molar-refractivity contribution in [3.8, 4) is 0 Å². The fourth-order valence-electron chi connectivity index (χ4n) is 1.20. The van der Waals surface area contributed by atoms with Crippen LogP contribution in [0.5, 0.6) is 0 Å². The Labute approximate surface area is 62.1 Å². The van der Waals surface area contributed by atoms with Gasteiger partial charge in [0.05, 0.1) is 6.10 Å². The van der Waals surface area contributed by atoms with Crippen molar-refractivity contribution in [1.29, 1.82) is 0 Å². The van der Waals surface area contributed by atoms with Crippen LogP contribution in [0.25, 0.3) is 0 Å². The second kappa shape index (κ2) is 3.02. The number of allylic oxidation sites excluding steroid dienone is 3. The maximum absolute atomic E-state index is 9.02. The van der Waals surface area contributed by atoms with Gasteiger partial charge in [0, 0.05) is 0 Å². The lowest BCUT2D eigenvalue weighted by Crippen LogP contribution is -1.99. The molecular weight excluding hydrogens is 124 g/mol. The third-order valence-corrected chi connectivity index (χ3v) is 1.62. The lowest BCUT2D eigenvalue weighted by atomic mass is 10.1. The Hall–Kier alpha value is -0.560. The van der Waals surface area contributed by atoms with E-state index in [0.717, 1.165) is 6.42 Å². The Morgan fingerprint density at radius 1 is 1.70 bits per heavy atom. The monoisotopic (exact) mass is 138 g/mol. The minimum atomic E-state index is -0.207. The molecule has 1 N–H and O–H groups in total. The van der Waals surface area contributed by atoms with Crippen LogP contribution in [-0.4, -0.2) is 11.2 Å². The molecule has 0 aromatic heterocycles. The van der Waals surface area contributed by atoms with Gasteiger partial charge in [0.1, 0.15) is 0 Å². The first-order valence-electron chi connectivity index (χ1n) is 3.75. The highest BCUT2D eigenvalue weighted by Crippen LogP contribution is 2.18. The van der Waals surface area contributed by atoms with Gasteiger partial charge in [-0.15, -0.1) is 0 Å². The van der Waals surface area contributed by atoms with Crippen LogP contribution in [0, 0.1) is 5.92 Å². The van der Waals surface area contributed by atoms with Crippen molar-refractivity contribution < 1.29 is 5.11 Å². The zero-order valence-electron chi connectivity index (χ0n) is 6.54. The second-order valence-corrected chi connectivity index (χ2v) is 3.01. The fourth-order valence-corrected chi connectivity index (χ4v) is 1.20. The summed E-state index contributed by atoms with van der Waals surface area (Å²) in [4.78, 5) is 0. The van der Waals surface area contributed by atoms with Crippen LogP contribution >= 0.6 is 0 Å². The summed E-state index contributed by atoms with van der Waals surface area (Å²) >= 11 is 0. The first-order chi connectivity index (χ1) is 4.68. The molecule has 0 aromatic carbocycles. The Morgan fingerprint density at radius 3 is 2.80 bits per heavy atom. The molecule has 0 spiro atoms. The molecule has 1 aliphatic carbocycles. The molecule has 2 unspecified atom stereocenters. The topological polar surface area (TPSA) is 20.2 Å². The summed E-state index contributed by atoms with van der Waals surface area (Å²) in [5.41, 5.74) is 1.27. The third-order valence-electron chi connectivity index (χ3n) is 1.62. The van der Waals surface area contributed by atoms with Gasteiger partial charge in [-0.05, 0) is 24.8 Å². The van der Waals surface area contributed by atoms with Gasteiger partial charge in [-0.3, -0.25) is 0 Å². The standard InChI is InChI=1S/C9H14O/c1-7-3-4-9(5-7)6-8(2)10/h3-5,7-8,10H,6H2,1-2H3. The summed E-state index contributed by atoms with van der Waals surface area (Å²) in [5, 5.41) is 9.02. The number of aliphatic hydroxyl groups excluding tert-OH is 1. The molecule has 0 bridgehead atoms. The highest BCUT2D eigenvalue weighted by molar-refractivity contribution is 5.28. The van der Waals surface area contributed by atoms with Crippen molar-refractivity contribution in [2.45, 2.75) is 26.4 Å². The van der Waals surface area contributed by atoms with E-state index in [4.69, 9.17) is 5.11 Å². The molecule has 0 aromatic rings. The van der Waals surface area contributed by atoms with Crippen LogP contribution in [0.15, 0.2) is 23.8 Å². The molecule has 0 saturated heterocycles. The zero-order chi connectivity index (χ0) is 7.56. The Bertz CT molecular complexity index is 166. The van der Waals surface area contributed by atoms with Crippen LogP contribution in [-0.2, 0) is 0 Å². The first kappa shape index (κ1) is 7.55. The maximum Gasteiger partial charge on any atom is 0.0552 e. The highest BCUT2D eigenvalue weighted by atomic mass is 16.3. The number of hydrogen-bond acceptors (Lipinski definition) is 1. The Balaban J connectivity index is 2.44. The van der Waals surface area contributed by atoms with E-state index >= 15 is 0 Å². The minimum absolute atomic E-state index is 0.207. The first-order valence-corrected chi connectivity index (χ1v) is 3.75. The van der Waals surface area contributed by atoms with Crippen molar-refractivity contribution in [2.24, 2.45) is 5.92 Å². The van der Waals surface area contributed by atoms with Gasteiger partial charge in [-0.25, -0.2) is 0 Å². The average molecular weight is 138 g/mol. The second-order valence-electron chi connectivity index (χ2n) is 3.01. The van der Waals surface area contributed by atoms with Gasteiger partial charge in [0.15, 0.2) is 0 Å². The summed E-state index contributed by atoms with van der Waals surface area (Å²) in [6, 6.07) is 0. The lowest BCUT2D eigenvalue weighted by Gasteiger charge is -2.01. The average Bonchev–Trinajstić information content (AvgIpc) is 2.13. The van der Waals surface area contributed by atoms with Crippen molar-refractivity contribution in [3.05, 3.63) is 23.8 Å². The van der Waals surface area contributed by atoms with E-state index in [1.54, 1.807) is 0 Å². The number of hydrogen-bond donors (Lipinski definition) is 1. The van der Waals surface area contributed by atoms with Crippen LogP contribution in [0.1, 0.15) is 20.3 Å². The molecule has 1 nitrogen and oxygen atoms in total. The quantitative estimate of drug-likeness (QED) is 0.617. The largest absolute Gasteiger partial charge is 0.393 e. The summed E-state index contributed by atoms with van der Waals surface area (Å²) < 4.78 is 0. The molecule has 0 fully saturated rings. The lowest BCUT2D eigenvalue weighted by molar-refractivity contribution is 0.196. The minimum Gasteiger partial charge on any atom is -0.393 e. The van der Waals surface area contributed by atoms with Crippen LogP contribution in [0.2, 0.25) is 0 Å². The molecule has 10 heavy (non-hydrogen) atoms. The van der Waals surface area contributed by atoms with Crippen LogP contribution in [0.3, 0.4) is 0 Å². The maximum atomic E-state index is 9.02. The van der Waals surface area contributed by atoms with E-state index in [1.165, 1.54) is 5.57 Å². The molecule has 1 aliphatic rings. The third kappa shape index (κ3) is 1.99. The van der Waals surface area contributed by atoms with Crippen LogP contribution in [0.4, 0.5) is 0 Å². The van der Waals surface area contributed by atoms with Crippen molar-refractivity contribution in [3.63, 3.8) is 0 Å². The zero-order valence-corrected chi connectivity index (χ0v) is 6.54. The normalized spacial score (nSPS) is 26.7. The van der Waals surface area contributed by atoms with Gasteiger partial charge >= 0.3 is 0 Å². The molecule has 0 radical (unpaired) electrons. The van der Waals surface area contributed by atoms with Crippen molar-refractivity contribution in [1.82, 2.24) is 0 Å². The van der Waals surface area contributed by atoms with E-state index < -0.39 is 0 Å². The van der Waals surface area contributed by atoms with E-state index in [1.807, 2.05) is 6.92 Å². The molecule has 1 rings (SSSR count). The smallest absolute Gasteiger partial charge is 0.0552 e. The highest BCUT2D eigenvalue weighted by Gasteiger charge is 2.05. The van der Waals surface area contributed by atoms with Crippen molar-refractivity contribution >= 4 is 0 Å². The van der Waals surface area contributed by atoms with E-state index in [0.29, 0.717) is 5.92 Å². The predicted molar refractivity (Wildman–Crippen MR) is 42.7 cm³/mol. The van der Waals surface area contributed by atoms with Gasteiger partial charge < -0.3 is 5.11 Å². The van der Waals surface area contributed by atoms with Crippen LogP contribution < -0.4 is 0 Å². The van der Waals surface area contributed by atoms with E-state index in [2.05, 4.69) is 25.2 Å². The molecule has 0 saturated carbocycles. The summed E-state index contributed by atoms with van der Waals surface area (Å²) in [6.45, 7) is 3.96. The number of aliphatic hydroxyl groups is 1. The Kier molecular flexibility index (Phi) is 2.28. The van der Waals surface area contributed by atoms with Gasteiger partial charge in [0.2, 0.25) is 0 Å². The molecule has 0 amide bonds. The molecular formula is C9H14O. The molecule has 0 aliphatic heterocycles. The molecule has 0 heterocycles. The summed E-state index contributed by atoms with van der Waals surface area (Å²) in [5.74, 6) is 0.564. The molecule has 2 atom stereocenters. The van der Waals surface area contributed by atoms with E-state index in [9.17, 15) is 0 Å². The Morgan fingerprint density at radius 2 is 2.40 bits per heavy atom. The van der Waals surface area contributed by atoms with Gasteiger partial charge in [-0.2, -0.15) is 0 Å². The fraction of sp³-hybridized carbons (Fsp3) is 0.556. The van der Waals surface area contributed by atoms with E-state index in [-0.39, 0.29) is 6.10 Å². The summed E-state index contributed by atoms with van der Waals surface area (Å²) in [7, 11) is 0. The molecule has 1 heteroatoms. The van der Waals surface area contributed by atoms with Gasteiger partial charge in [-0.1, -0.05) is 25.2 Å². The van der Waals surface area contributed by atoms with Gasteiger partial charge in [0.25, 0.3) is 0 Å². The van der Waals surface area contributed by atoms with Crippen molar-refractivity contribution in [2.75, 3.05) is 0 Å². The number of rotatable bonds is 2. The SMILES string of the molecule is CC1C=CC(CC(C)O)=C1. The predicted octanol–water partition coefficient (Wildman–Crippen LogP) is 1.89.